The van der Waals surface area contributed by atoms with Crippen LogP contribution in [0.2, 0.25) is 0 Å². The van der Waals surface area contributed by atoms with Crippen LogP contribution in [-0.2, 0) is 19.6 Å². The van der Waals surface area contributed by atoms with Gasteiger partial charge in [-0.3, -0.25) is 0 Å². The van der Waals surface area contributed by atoms with Gasteiger partial charge in [-0.25, -0.2) is 13.2 Å². The molecule has 0 radical (unpaired) electrons. The van der Waals surface area contributed by atoms with Crippen LogP contribution < -0.4 is 0 Å². The summed E-state index contributed by atoms with van der Waals surface area (Å²) in [6.45, 7) is 7.67. The normalized spacial score (nSPS) is 12.9. The lowest BCUT2D eigenvalue weighted by Crippen LogP contribution is -2.35. The van der Waals surface area contributed by atoms with Crippen molar-refractivity contribution in [1.82, 2.24) is 0 Å². The number of nitrogens with zero attached hydrogens (tertiary/aromatic N) is 1. The molecule has 0 spiro atoms. The van der Waals surface area contributed by atoms with Crippen molar-refractivity contribution in [3.05, 3.63) is 12.2 Å². The summed E-state index contributed by atoms with van der Waals surface area (Å²) in [4.78, 5) is 10.8. The smallest absolute Gasteiger partial charge is 0.333 e. The van der Waals surface area contributed by atoms with E-state index < -0.39 is 34.6 Å². The van der Waals surface area contributed by atoms with E-state index >= 15 is 0 Å². The molecule has 8 heteroatoms. The first-order valence-electron chi connectivity index (χ1n) is 7.03. The summed E-state index contributed by atoms with van der Waals surface area (Å²) in [5, 5.41) is 8.93. The van der Waals surface area contributed by atoms with E-state index in [0.29, 0.717) is 0 Å². The van der Waals surface area contributed by atoms with Gasteiger partial charge in [0.1, 0.15) is 12.7 Å². The Balaban J connectivity index is 0. The van der Waals surface area contributed by atoms with E-state index in [2.05, 4.69) is 39.4 Å². The van der Waals surface area contributed by atoms with Crippen LogP contribution in [0.25, 0.3) is 0 Å². The van der Waals surface area contributed by atoms with Gasteiger partial charge in [0.15, 0.2) is 0 Å². The topological polar surface area (TPSA) is 104 Å². The van der Waals surface area contributed by atoms with Gasteiger partial charge in [0.2, 0.25) is 0 Å². The zero-order chi connectivity index (χ0) is 18.0. The zero-order valence-corrected chi connectivity index (χ0v) is 15.0. The van der Waals surface area contributed by atoms with Crippen molar-refractivity contribution in [2.24, 2.45) is 0 Å². The van der Waals surface area contributed by atoms with Crippen LogP contribution in [0.4, 0.5) is 0 Å². The molecule has 22 heavy (non-hydrogen) atoms. The standard InChI is InChI=1S/C7H18N.C7H12O6S/c1-5-6-7-8(2,3)4;1-5(2)7(9)13-3-6(8)4-14(10,11)12/h5-7H2,1-4H3;6,8H,1,3-4H2,2H3,(H,10,11,12)/q+1;/p-1. The van der Waals surface area contributed by atoms with Crippen molar-refractivity contribution in [2.45, 2.75) is 32.8 Å². The number of quaternary nitrogens is 1. The third kappa shape index (κ3) is 19.0. The van der Waals surface area contributed by atoms with Crippen molar-refractivity contribution < 1.29 is 32.1 Å². The minimum atomic E-state index is -4.51. The summed E-state index contributed by atoms with van der Waals surface area (Å²) in [6, 6.07) is 0. The Labute approximate surface area is 133 Å². The molecule has 0 amide bonds. The van der Waals surface area contributed by atoms with E-state index in [0.717, 1.165) is 4.48 Å². The van der Waals surface area contributed by atoms with Gasteiger partial charge in [-0.05, 0) is 13.3 Å². The third-order valence-corrected chi connectivity index (χ3v) is 3.13. The first-order chi connectivity index (χ1) is 9.78. The number of carbonyl (C=O) groups excluding carboxylic acids is 1. The Bertz CT molecular complexity index is 439. The van der Waals surface area contributed by atoms with Crippen LogP contribution in [0, 0.1) is 0 Å². The quantitative estimate of drug-likeness (QED) is 0.299. The number of carbonyl (C=O) groups is 1. The second-order valence-corrected chi connectivity index (χ2v) is 7.57. The second-order valence-electron chi connectivity index (χ2n) is 6.12. The van der Waals surface area contributed by atoms with Crippen LogP contribution in [0.3, 0.4) is 0 Å². The van der Waals surface area contributed by atoms with E-state index in [9.17, 15) is 17.8 Å². The van der Waals surface area contributed by atoms with E-state index in [4.69, 9.17) is 5.11 Å². The molecule has 7 nitrogen and oxygen atoms in total. The molecule has 0 fully saturated rings. The summed E-state index contributed by atoms with van der Waals surface area (Å²) in [6.07, 6.45) is 1.17. The number of unbranched alkanes of at least 4 members (excludes halogenated alkanes) is 1. The first-order valence-corrected chi connectivity index (χ1v) is 8.61. The van der Waals surface area contributed by atoms with E-state index in [1.165, 1.54) is 26.3 Å². The molecule has 0 aliphatic carbocycles. The Morgan fingerprint density at radius 3 is 2.14 bits per heavy atom. The SMILES string of the molecule is C=C(C)C(=O)OCC(O)CS(=O)(=O)[O-].CCCC[N+](C)(C)C. The highest BCUT2D eigenvalue weighted by atomic mass is 32.2. The Morgan fingerprint density at radius 2 is 1.86 bits per heavy atom. The number of hydrogen-bond acceptors (Lipinski definition) is 6. The lowest BCUT2D eigenvalue weighted by atomic mass is 10.3. The average molecular weight is 339 g/mol. The largest absolute Gasteiger partial charge is 0.748 e. The number of esters is 1. The molecule has 0 rings (SSSR count). The molecule has 0 saturated carbocycles. The van der Waals surface area contributed by atoms with E-state index in [1.807, 2.05) is 0 Å². The van der Waals surface area contributed by atoms with Gasteiger partial charge in [0.05, 0.1) is 43.6 Å². The molecule has 0 aliphatic heterocycles. The van der Waals surface area contributed by atoms with Crippen molar-refractivity contribution >= 4 is 16.1 Å². The van der Waals surface area contributed by atoms with Crippen molar-refractivity contribution in [3.63, 3.8) is 0 Å². The maximum absolute atomic E-state index is 10.8. The number of ether oxygens (including phenoxy) is 1. The van der Waals surface area contributed by atoms with Crippen LogP contribution >= 0.6 is 0 Å². The van der Waals surface area contributed by atoms with Gasteiger partial charge >= 0.3 is 5.97 Å². The predicted octanol–water partition coefficient (Wildman–Crippen LogP) is 0.505. The maximum atomic E-state index is 10.8. The predicted molar refractivity (Wildman–Crippen MR) is 84.2 cm³/mol. The molecule has 0 aromatic heterocycles. The molecule has 0 heterocycles. The monoisotopic (exact) mass is 339 g/mol. The van der Waals surface area contributed by atoms with Crippen molar-refractivity contribution in [3.8, 4) is 0 Å². The molecule has 0 aromatic rings. The van der Waals surface area contributed by atoms with Crippen molar-refractivity contribution in [1.29, 1.82) is 0 Å². The highest BCUT2D eigenvalue weighted by Gasteiger charge is 2.12. The lowest BCUT2D eigenvalue weighted by molar-refractivity contribution is -0.870. The van der Waals surface area contributed by atoms with E-state index in [-0.39, 0.29) is 5.57 Å². The fraction of sp³-hybridized carbons (Fsp3) is 0.786. The summed E-state index contributed by atoms with van der Waals surface area (Å²) in [5.41, 5.74) is 0.127. The van der Waals surface area contributed by atoms with Crippen molar-refractivity contribution in [2.75, 3.05) is 40.0 Å². The van der Waals surface area contributed by atoms with Gasteiger partial charge in [0.25, 0.3) is 0 Å². The van der Waals surface area contributed by atoms with Crippen LogP contribution in [-0.4, -0.2) is 74.7 Å². The summed E-state index contributed by atoms with van der Waals surface area (Å²) < 4.78 is 36.0. The molecule has 0 bridgehead atoms. The zero-order valence-electron chi connectivity index (χ0n) is 14.2. The molecule has 132 valence electrons. The Hall–Kier alpha value is -0.960. The molecule has 0 aromatic carbocycles. The van der Waals surface area contributed by atoms with Gasteiger partial charge < -0.3 is 18.9 Å². The average Bonchev–Trinajstić information content (AvgIpc) is 2.31. The molecule has 1 N–H and O–H groups in total. The number of rotatable bonds is 8. The maximum Gasteiger partial charge on any atom is 0.333 e. The Kier molecular flexibility index (Phi) is 11.4. The fourth-order valence-corrected chi connectivity index (χ4v) is 1.78. The molecular formula is C14H29NO6S. The van der Waals surface area contributed by atoms with Gasteiger partial charge in [0, 0.05) is 5.57 Å². The third-order valence-electron chi connectivity index (χ3n) is 2.33. The summed E-state index contributed by atoms with van der Waals surface area (Å²) >= 11 is 0. The van der Waals surface area contributed by atoms with Gasteiger partial charge in [-0.1, -0.05) is 19.9 Å². The number of aliphatic hydroxyl groups excluding tert-OH is 1. The number of aliphatic hydroxyl groups is 1. The molecule has 0 aliphatic rings. The minimum Gasteiger partial charge on any atom is -0.748 e. The Morgan fingerprint density at radius 1 is 1.36 bits per heavy atom. The number of hydrogen-bond donors (Lipinski definition) is 1. The van der Waals surface area contributed by atoms with E-state index in [1.54, 1.807) is 0 Å². The minimum absolute atomic E-state index is 0.127. The fourth-order valence-electron chi connectivity index (χ4n) is 1.21. The van der Waals surface area contributed by atoms with Crippen LogP contribution in [0.5, 0.6) is 0 Å². The highest BCUT2D eigenvalue weighted by molar-refractivity contribution is 7.85. The molecule has 1 atom stereocenters. The lowest BCUT2D eigenvalue weighted by Gasteiger charge is -2.23. The van der Waals surface area contributed by atoms with Gasteiger partial charge in [-0.2, -0.15) is 0 Å². The second kappa shape index (κ2) is 10.7. The van der Waals surface area contributed by atoms with Crippen LogP contribution in [0.1, 0.15) is 26.7 Å². The summed E-state index contributed by atoms with van der Waals surface area (Å²) in [5.74, 6) is -1.72. The first kappa shape index (κ1) is 23.3. The molecular weight excluding hydrogens is 310 g/mol. The summed E-state index contributed by atoms with van der Waals surface area (Å²) in [7, 11) is 2.19. The highest BCUT2D eigenvalue weighted by Crippen LogP contribution is 1.96. The van der Waals surface area contributed by atoms with Crippen LogP contribution in [0.15, 0.2) is 12.2 Å². The molecule has 1 unspecified atom stereocenters. The van der Waals surface area contributed by atoms with Gasteiger partial charge in [-0.15, -0.1) is 0 Å². The molecule has 0 saturated heterocycles.